The maximum absolute atomic E-state index is 12.4. The summed E-state index contributed by atoms with van der Waals surface area (Å²) >= 11 is 13.7. The fourth-order valence-electron chi connectivity index (χ4n) is 2.46. The molecule has 3 aromatic rings. The van der Waals surface area contributed by atoms with Gasteiger partial charge < -0.3 is 4.74 Å². The molecule has 0 saturated carbocycles. The van der Waals surface area contributed by atoms with E-state index in [1.807, 2.05) is 10.6 Å². The molecule has 0 bridgehead atoms. The highest BCUT2D eigenvalue weighted by molar-refractivity contribution is 7.99. The number of rotatable bonds is 7. The number of halogens is 4. The molecule has 0 radical (unpaired) electrons. The van der Waals surface area contributed by atoms with Gasteiger partial charge in [0.05, 0.1) is 21.9 Å². The number of benzene rings is 2. The molecule has 2 aromatic carbocycles. The Labute approximate surface area is 169 Å². The number of aromatic nitrogens is 2. The monoisotopic (exact) mass is 426 g/mol. The van der Waals surface area contributed by atoms with Crippen LogP contribution in [0.15, 0.2) is 66.5 Å². The zero-order valence-corrected chi connectivity index (χ0v) is 16.2. The van der Waals surface area contributed by atoms with Crippen LogP contribution in [0.5, 0.6) is 5.75 Å². The Morgan fingerprint density at radius 3 is 2.52 bits per heavy atom. The minimum absolute atomic E-state index is 0.0882. The smallest absolute Gasteiger partial charge is 0.387 e. The molecule has 0 N–H and O–H groups in total. The van der Waals surface area contributed by atoms with E-state index in [0.29, 0.717) is 15.8 Å². The first-order valence-corrected chi connectivity index (χ1v) is 9.56. The van der Waals surface area contributed by atoms with Gasteiger partial charge in [0, 0.05) is 17.0 Å². The number of alkyl halides is 2. The minimum Gasteiger partial charge on any atom is -0.435 e. The van der Waals surface area contributed by atoms with Crippen molar-refractivity contribution in [2.75, 3.05) is 5.75 Å². The van der Waals surface area contributed by atoms with Crippen molar-refractivity contribution < 1.29 is 13.5 Å². The average Bonchev–Trinajstić information content (AvgIpc) is 3.06. The Bertz CT molecular complexity index is 945. The summed E-state index contributed by atoms with van der Waals surface area (Å²) in [7, 11) is 0. The molecule has 0 unspecified atom stereocenters. The highest BCUT2D eigenvalue weighted by Crippen LogP contribution is 2.33. The van der Waals surface area contributed by atoms with Gasteiger partial charge in [-0.1, -0.05) is 47.1 Å². The second kappa shape index (κ2) is 8.78. The number of thioether (sulfide) groups is 1. The predicted octanol–water partition coefficient (Wildman–Crippen LogP) is 6.73. The van der Waals surface area contributed by atoms with E-state index in [1.54, 1.807) is 36.5 Å². The Morgan fingerprint density at radius 1 is 1.15 bits per heavy atom. The molecular formula is C19H14Cl2F2N2OS. The van der Waals surface area contributed by atoms with Crippen LogP contribution in [-0.4, -0.2) is 21.9 Å². The topological polar surface area (TPSA) is 27.1 Å². The molecule has 3 nitrogen and oxygen atoms in total. The first-order chi connectivity index (χ1) is 13.0. The van der Waals surface area contributed by atoms with Crippen molar-refractivity contribution in [3.8, 4) is 22.7 Å². The molecule has 8 heteroatoms. The molecule has 140 valence electrons. The van der Waals surface area contributed by atoms with Gasteiger partial charge in [-0.25, -0.2) is 4.98 Å². The summed E-state index contributed by atoms with van der Waals surface area (Å²) < 4.78 is 31.1. The maximum atomic E-state index is 12.4. The highest BCUT2D eigenvalue weighted by atomic mass is 35.5. The van der Waals surface area contributed by atoms with E-state index in [9.17, 15) is 8.78 Å². The summed E-state index contributed by atoms with van der Waals surface area (Å²) in [6, 6.07) is 11.7. The van der Waals surface area contributed by atoms with Gasteiger partial charge in [0.1, 0.15) is 5.75 Å². The Morgan fingerprint density at radius 2 is 1.89 bits per heavy atom. The highest BCUT2D eigenvalue weighted by Gasteiger charge is 2.15. The molecule has 3 rings (SSSR count). The van der Waals surface area contributed by atoms with Crippen LogP contribution in [0.25, 0.3) is 16.9 Å². The largest absolute Gasteiger partial charge is 0.435 e. The first-order valence-electron chi connectivity index (χ1n) is 7.81. The second-order valence-electron chi connectivity index (χ2n) is 5.36. The molecule has 0 aliphatic heterocycles. The van der Waals surface area contributed by atoms with Crippen molar-refractivity contribution in [2.45, 2.75) is 11.8 Å². The van der Waals surface area contributed by atoms with Gasteiger partial charge in [0.15, 0.2) is 5.16 Å². The van der Waals surface area contributed by atoms with E-state index in [1.165, 1.54) is 23.9 Å². The van der Waals surface area contributed by atoms with Gasteiger partial charge in [-0.3, -0.25) is 4.57 Å². The van der Waals surface area contributed by atoms with Crippen LogP contribution < -0.4 is 4.74 Å². The van der Waals surface area contributed by atoms with Gasteiger partial charge in [0.2, 0.25) is 0 Å². The SMILES string of the molecule is C=CCSc1ncc(-c2ccc(Cl)c(Cl)c2)n1-c1ccc(OC(F)F)cc1. The van der Waals surface area contributed by atoms with Crippen molar-refractivity contribution in [3.63, 3.8) is 0 Å². The minimum atomic E-state index is -2.87. The second-order valence-corrected chi connectivity index (χ2v) is 7.16. The van der Waals surface area contributed by atoms with Gasteiger partial charge in [-0.2, -0.15) is 8.78 Å². The van der Waals surface area contributed by atoms with E-state index < -0.39 is 6.61 Å². The molecule has 0 aliphatic rings. The van der Waals surface area contributed by atoms with E-state index in [0.717, 1.165) is 22.1 Å². The molecule has 0 atom stereocenters. The third-order valence-electron chi connectivity index (χ3n) is 3.60. The van der Waals surface area contributed by atoms with Gasteiger partial charge >= 0.3 is 6.61 Å². The van der Waals surface area contributed by atoms with Crippen LogP contribution in [0.2, 0.25) is 10.0 Å². The first kappa shape index (κ1) is 19.7. The lowest BCUT2D eigenvalue weighted by Crippen LogP contribution is -2.03. The Kier molecular flexibility index (Phi) is 6.42. The van der Waals surface area contributed by atoms with Gasteiger partial charge in [-0.05, 0) is 36.4 Å². The third-order valence-corrected chi connectivity index (χ3v) is 5.28. The number of imidazole rings is 1. The Hall–Kier alpha value is -2.02. The Balaban J connectivity index is 2.06. The molecule has 0 aliphatic carbocycles. The predicted molar refractivity (Wildman–Crippen MR) is 107 cm³/mol. The molecule has 0 amide bonds. The summed E-state index contributed by atoms with van der Waals surface area (Å²) in [5.41, 5.74) is 2.37. The number of hydrogen-bond donors (Lipinski definition) is 0. The summed E-state index contributed by atoms with van der Waals surface area (Å²) in [6.45, 7) is 0.860. The third kappa shape index (κ3) is 4.64. The number of nitrogens with zero attached hydrogens (tertiary/aromatic N) is 2. The summed E-state index contributed by atoms with van der Waals surface area (Å²) in [4.78, 5) is 4.48. The summed E-state index contributed by atoms with van der Waals surface area (Å²) in [5.74, 6) is 0.759. The van der Waals surface area contributed by atoms with E-state index in [4.69, 9.17) is 23.2 Å². The van der Waals surface area contributed by atoms with Gasteiger partial charge in [-0.15, -0.1) is 6.58 Å². The molecule has 0 spiro atoms. The fraction of sp³-hybridized carbons (Fsp3) is 0.105. The molecule has 1 heterocycles. The van der Waals surface area contributed by atoms with Crippen molar-refractivity contribution >= 4 is 35.0 Å². The van der Waals surface area contributed by atoms with Crippen LogP contribution in [0.4, 0.5) is 8.78 Å². The van der Waals surface area contributed by atoms with E-state index in [-0.39, 0.29) is 5.75 Å². The van der Waals surface area contributed by atoms with Crippen molar-refractivity contribution in [1.29, 1.82) is 0 Å². The molecule has 27 heavy (non-hydrogen) atoms. The normalized spacial score (nSPS) is 11.0. The van der Waals surface area contributed by atoms with E-state index >= 15 is 0 Å². The summed E-state index contributed by atoms with van der Waals surface area (Å²) in [5, 5.41) is 1.63. The van der Waals surface area contributed by atoms with Crippen molar-refractivity contribution in [1.82, 2.24) is 9.55 Å². The van der Waals surface area contributed by atoms with Crippen molar-refractivity contribution in [3.05, 3.63) is 71.4 Å². The van der Waals surface area contributed by atoms with Crippen LogP contribution in [0, 0.1) is 0 Å². The standard InChI is InChI=1S/C19H14Cl2F2N2OS/c1-2-9-27-19-24-11-17(12-3-8-15(20)16(21)10-12)25(19)13-4-6-14(7-5-13)26-18(22)23/h2-8,10-11,18H,1,9H2. The zero-order chi connectivity index (χ0) is 19.4. The van der Waals surface area contributed by atoms with Crippen LogP contribution in [0.1, 0.15) is 0 Å². The van der Waals surface area contributed by atoms with E-state index in [2.05, 4.69) is 16.3 Å². The van der Waals surface area contributed by atoms with Crippen LogP contribution >= 0.6 is 35.0 Å². The van der Waals surface area contributed by atoms with Gasteiger partial charge in [0.25, 0.3) is 0 Å². The van der Waals surface area contributed by atoms with Crippen LogP contribution in [0.3, 0.4) is 0 Å². The lowest BCUT2D eigenvalue weighted by atomic mass is 10.1. The molecule has 0 saturated heterocycles. The van der Waals surface area contributed by atoms with Crippen LogP contribution in [-0.2, 0) is 0 Å². The molecule has 0 fully saturated rings. The lowest BCUT2D eigenvalue weighted by Gasteiger charge is -2.13. The van der Waals surface area contributed by atoms with Crippen molar-refractivity contribution in [2.24, 2.45) is 0 Å². The number of hydrogen-bond acceptors (Lipinski definition) is 3. The average molecular weight is 427 g/mol. The number of ether oxygens (including phenoxy) is 1. The summed E-state index contributed by atoms with van der Waals surface area (Å²) in [6.07, 6.45) is 3.51. The quantitative estimate of drug-likeness (QED) is 0.309. The molecular weight excluding hydrogens is 413 g/mol. The fourth-order valence-corrected chi connectivity index (χ4v) is 3.48. The maximum Gasteiger partial charge on any atom is 0.387 e. The lowest BCUT2D eigenvalue weighted by molar-refractivity contribution is -0.0498. The molecule has 1 aromatic heterocycles. The zero-order valence-electron chi connectivity index (χ0n) is 13.9.